The van der Waals surface area contributed by atoms with E-state index in [4.69, 9.17) is 21.3 Å². The molecular formula is C18H26N6O4. The van der Waals surface area contributed by atoms with E-state index in [0.29, 0.717) is 5.76 Å². The van der Waals surface area contributed by atoms with Gasteiger partial charge in [0.25, 0.3) is 5.91 Å². The number of carbonyl (C=O) groups is 2. The fraction of sp³-hybridized carbons (Fsp3) is 0.333. The molecule has 2 amide bonds. The number of allylic oxidation sites excluding steroid dienone is 4. The zero-order valence-electron chi connectivity index (χ0n) is 16.1. The molecule has 8 N–H and O–H groups in total. The highest BCUT2D eigenvalue weighted by molar-refractivity contribution is 6.15. The maximum absolute atomic E-state index is 12.6. The van der Waals surface area contributed by atoms with Crippen LogP contribution >= 0.6 is 0 Å². The van der Waals surface area contributed by atoms with Gasteiger partial charge in [0.2, 0.25) is 5.91 Å². The Labute approximate surface area is 163 Å². The lowest BCUT2D eigenvalue weighted by Crippen LogP contribution is -2.58. The van der Waals surface area contributed by atoms with Gasteiger partial charge in [-0.25, -0.2) is 0 Å². The Balaban J connectivity index is 3.09. The van der Waals surface area contributed by atoms with Crippen LogP contribution in [0.25, 0.3) is 0 Å². The molecule has 0 aliphatic heterocycles. The van der Waals surface area contributed by atoms with Gasteiger partial charge < -0.3 is 42.3 Å². The van der Waals surface area contributed by atoms with Crippen molar-refractivity contribution in [2.75, 3.05) is 27.3 Å². The predicted octanol–water partition coefficient (Wildman–Crippen LogP) is -0.945. The van der Waals surface area contributed by atoms with E-state index in [1.165, 1.54) is 32.2 Å². The molecule has 0 spiro atoms. The maximum atomic E-state index is 12.6. The SMILES string of the molecule is CN/C=C\C(=N)COC1=C/C(=C(/NC)C(=O)NC(C)(CO)C(N)=O)C(=N)C=C1. The third-order valence-corrected chi connectivity index (χ3v) is 3.83. The van der Waals surface area contributed by atoms with Crippen LogP contribution < -0.4 is 21.7 Å². The molecule has 0 aromatic rings. The van der Waals surface area contributed by atoms with Gasteiger partial charge >= 0.3 is 0 Å². The summed E-state index contributed by atoms with van der Waals surface area (Å²) in [5.41, 5.74) is 4.08. The first-order valence-electron chi connectivity index (χ1n) is 8.36. The van der Waals surface area contributed by atoms with E-state index >= 15 is 0 Å². The van der Waals surface area contributed by atoms with Crippen molar-refractivity contribution in [3.05, 3.63) is 47.5 Å². The van der Waals surface area contributed by atoms with E-state index in [2.05, 4.69) is 16.0 Å². The van der Waals surface area contributed by atoms with Gasteiger partial charge in [0.1, 0.15) is 23.6 Å². The third-order valence-electron chi connectivity index (χ3n) is 3.83. The van der Waals surface area contributed by atoms with Gasteiger partial charge in [0.15, 0.2) is 0 Å². The number of aliphatic hydroxyl groups excluding tert-OH is 1. The number of rotatable bonds is 10. The molecule has 0 heterocycles. The van der Waals surface area contributed by atoms with Crippen LogP contribution in [0.1, 0.15) is 6.92 Å². The molecule has 0 aromatic heterocycles. The fourth-order valence-corrected chi connectivity index (χ4v) is 2.08. The van der Waals surface area contributed by atoms with Gasteiger partial charge in [-0.1, -0.05) is 0 Å². The topological polar surface area (TPSA) is 173 Å². The number of hydrogen-bond donors (Lipinski definition) is 7. The Morgan fingerprint density at radius 1 is 1.36 bits per heavy atom. The second kappa shape index (κ2) is 10.1. The molecule has 1 unspecified atom stereocenters. The molecule has 1 atom stereocenters. The summed E-state index contributed by atoms with van der Waals surface area (Å²) in [7, 11) is 3.20. The van der Waals surface area contributed by atoms with Crippen LogP contribution in [0.3, 0.4) is 0 Å². The Hall–Kier alpha value is -3.40. The maximum Gasteiger partial charge on any atom is 0.268 e. The Morgan fingerprint density at radius 2 is 2.04 bits per heavy atom. The molecule has 28 heavy (non-hydrogen) atoms. The molecule has 1 aliphatic carbocycles. The third kappa shape index (κ3) is 5.81. The van der Waals surface area contributed by atoms with Crippen molar-refractivity contribution in [2.24, 2.45) is 5.73 Å². The van der Waals surface area contributed by atoms with Gasteiger partial charge in [-0.05, 0) is 37.4 Å². The number of nitrogens with two attached hydrogens (primary N) is 1. The molecule has 0 radical (unpaired) electrons. The molecule has 0 saturated heterocycles. The second-order valence-electron chi connectivity index (χ2n) is 6.08. The van der Waals surface area contributed by atoms with Crippen LogP contribution in [0.5, 0.6) is 0 Å². The van der Waals surface area contributed by atoms with Crippen LogP contribution in [0.2, 0.25) is 0 Å². The van der Waals surface area contributed by atoms with E-state index in [0.717, 1.165) is 0 Å². The largest absolute Gasteiger partial charge is 0.487 e. The predicted molar refractivity (Wildman–Crippen MR) is 106 cm³/mol. The lowest BCUT2D eigenvalue weighted by molar-refractivity contribution is -0.131. The minimum atomic E-state index is -1.65. The Bertz CT molecular complexity index is 781. The summed E-state index contributed by atoms with van der Waals surface area (Å²) < 4.78 is 5.52. The van der Waals surface area contributed by atoms with Gasteiger partial charge in [0, 0.05) is 19.7 Å². The lowest BCUT2D eigenvalue weighted by atomic mass is 9.99. The van der Waals surface area contributed by atoms with Gasteiger partial charge in [0.05, 0.1) is 18.0 Å². The summed E-state index contributed by atoms with van der Waals surface area (Å²) in [6.07, 6.45) is 7.61. The number of aliphatic hydroxyl groups is 1. The number of primary amides is 1. The van der Waals surface area contributed by atoms with Crippen molar-refractivity contribution in [1.82, 2.24) is 16.0 Å². The highest BCUT2D eigenvalue weighted by atomic mass is 16.5. The number of amides is 2. The van der Waals surface area contributed by atoms with Gasteiger partial charge in [-0.15, -0.1) is 0 Å². The number of nitrogens with one attached hydrogen (secondary N) is 5. The first-order valence-corrected chi connectivity index (χ1v) is 8.36. The van der Waals surface area contributed by atoms with Gasteiger partial charge in [-0.3, -0.25) is 9.59 Å². The minimum Gasteiger partial charge on any atom is -0.487 e. The average molecular weight is 390 g/mol. The number of likely N-dealkylation sites (N-methyl/N-ethyl adjacent to an activating group) is 1. The summed E-state index contributed by atoms with van der Waals surface area (Å²) in [6, 6.07) is 0. The van der Waals surface area contributed by atoms with E-state index < -0.39 is 24.0 Å². The molecule has 0 aromatic carbocycles. The Morgan fingerprint density at radius 3 is 2.57 bits per heavy atom. The van der Waals surface area contributed by atoms with Crippen molar-refractivity contribution in [3.8, 4) is 0 Å². The summed E-state index contributed by atoms with van der Waals surface area (Å²) in [5.74, 6) is -1.25. The first-order chi connectivity index (χ1) is 13.2. The van der Waals surface area contributed by atoms with E-state index in [9.17, 15) is 14.7 Å². The smallest absolute Gasteiger partial charge is 0.268 e. The summed E-state index contributed by atoms with van der Waals surface area (Å²) in [6.45, 7) is 0.621. The standard InChI is InChI=1S/C18H26N6O4/c1-18(10-25,17(21)27)24-16(26)15(23-3)13-8-12(4-5-14(13)20)28-9-11(19)6-7-22-2/h4-8,19-20,22-23,25H,9-10H2,1-3H3,(H2,21,27)(H,24,26)/b7-6-,15-13-,19-11?,20-14?. The molecule has 0 saturated carbocycles. The number of hydrogen-bond acceptors (Lipinski definition) is 8. The molecular weight excluding hydrogens is 364 g/mol. The zero-order valence-corrected chi connectivity index (χ0v) is 16.1. The molecule has 0 bridgehead atoms. The van der Waals surface area contributed by atoms with Crippen LogP contribution in [-0.4, -0.2) is 61.2 Å². The summed E-state index contributed by atoms with van der Waals surface area (Å²) in [5, 5.41) is 33.0. The Kier molecular flexibility index (Phi) is 8.14. The average Bonchev–Trinajstić information content (AvgIpc) is 2.66. The lowest BCUT2D eigenvalue weighted by Gasteiger charge is -2.26. The molecule has 10 heteroatoms. The summed E-state index contributed by atoms with van der Waals surface area (Å²) in [4.78, 5) is 24.1. The second-order valence-corrected chi connectivity index (χ2v) is 6.08. The fourth-order valence-electron chi connectivity index (χ4n) is 2.08. The van der Waals surface area contributed by atoms with Gasteiger partial charge in [-0.2, -0.15) is 0 Å². The van der Waals surface area contributed by atoms with Crippen LogP contribution in [0.15, 0.2) is 47.5 Å². The monoisotopic (exact) mass is 390 g/mol. The number of ether oxygens (including phenoxy) is 1. The van der Waals surface area contributed by atoms with Crippen LogP contribution in [0, 0.1) is 10.8 Å². The molecule has 0 fully saturated rings. The first kappa shape index (κ1) is 22.6. The van der Waals surface area contributed by atoms with Crippen molar-refractivity contribution >= 4 is 23.2 Å². The minimum absolute atomic E-state index is 0.000306. The van der Waals surface area contributed by atoms with Crippen molar-refractivity contribution < 1.29 is 19.4 Å². The van der Waals surface area contributed by atoms with E-state index in [1.54, 1.807) is 19.3 Å². The highest BCUT2D eigenvalue weighted by Crippen LogP contribution is 2.18. The zero-order chi connectivity index (χ0) is 21.3. The van der Waals surface area contributed by atoms with Crippen molar-refractivity contribution in [1.29, 1.82) is 10.8 Å². The van der Waals surface area contributed by atoms with Crippen LogP contribution in [-0.2, 0) is 14.3 Å². The van der Waals surface area contributed by atoms with E-state index in [-0.39, 0.29) is 29.3 Å². The summed E-state index contributed by atoms with van der Waals surface area (Å²) >= 11 is 0. The molecule has 152 valence electrons. The molecule has 1 rings (SSSR count). The van der Waals surface area contributed by atoms with Crippen molar-refractivity contribution in [3.63, 3.8) is 0 Å². The highest BCUT2D eigenvalue weighted by Gasteiger charge is 2.33. The van der Waals surface area contributed by atoms with E-state index in [1.807, 2.05) is 0 Å². The number of carbonyl (C=O) groups excluding carboxylic acids is 2. The normalized spacial score (nSPS) is 17.4. The van der Waals surface area contributed by atoms with Crippen molar-refractivity contribution in [2.45, 2.75) is 12.5 Å². The molecule has 10 nitrogen and oxygen atoms in total. The molecule has 1 aliphatic rings. The quantitative estimate of drug-likeness (QED) is 0.187. The van der Waals surface area contributed by atoms with Crippen LogP contribution in [0.4, 0.5) is 0 Å².